The summed E-state index contributed by atoms with van der Waals surface area (Å²) in [6.07, 6.45) is 5.34. The third-order valence-corrected chi connectivity index (χ3v) is 4.24. The van der Waals surface area contributed by atoms with E-state index in [-0.39, 0.29) is 5.79 Å². The molecule has 0 amide bonds. The summed E-state index contributed by atoms with van der Waals surface area (Å²) < 4.78 is 11.8. The molecule has 2 nitrogen and oxygen atoms in total. The van der Waals surface area contributed by atoms with Gasteiger partial charge in [-0.1, -0.05) is 13.3 Å². The van der Waals surface area contributed by atoms with Gasteiger partial charge in [-0.15, -0.1) is 0 Å². The molecule has 3 fully saturated rings. The Labute approximate surface area is 79.6 Å². The highest BCUT2D eigenvalue weighted by Gasteiger charge is 2.58. The van der Waals surface area contributed by atoms with Crippen molar-refractivity contribution in [3.8, 4) is 0 Å². The lowest BCUT2D eigenvalue weighted by Gasteiger charge is -2.39. The van der Waals surface area contributed by atoms with Crippen molar-refractivity contribution in [2.75, 3.05) is 13.2 Å². The van der Waals surface area contributed by atoms with Crippen LogP contribution in [0.5, 0.6) is 0 Å². The van der Waals surface area contributed by atoms with Crippen molar-refractivity contribution in [2.45, 2.75) is 38.4 Å². The van der Waals surface area contributed by atoms with Gasteiger partial charge in [-0.3, -0.25) is 0 Å². The molecule has 0 aromatic rings. The molecular weight excluding hydrogens is 164 g/mol. The minimum Gasteiger partial charge on any atom is -0.347 e. The first-order valence-corrected chi connectivity index (χ1v) is 5.61. The van der Waals surface area contributed by atoms with E-state index in [0.717, 1.165) is 19.1 Å². The highest BCUT2D eigenvalue weighted by Crippen LogP contribution is 2.56. The first kappa shape index (κ1) is 8.25. The van der Waals surface area contributed by atoms with Crippen LogP contribution in [0.1, 0.15) is 32.6 Å². The fraction of sp³-hybridized carbons (Fsp3) is 1.00. The second-order valence-corrected chi connectivity index (χ2v) is 4.87. The number of hydrogen-bond donors (Lipinski definition) is 0. The number of rotatable bonds is 0. The Kier molecular flexibility index (Phi) is 1.72. The van der Waals surface area contributed by atoms with Crippen LogP contribution in [0.3, 0.4) is 0 Å². The molecule has 13 heavy (non-hydrogen) atoms. The molecule has 0 radical (unpaired) electrons. The van der Waals surface area contributed by atoms with Crippen LogP contribution in [0, 0.1) is 17.8 Å². The van der Waals surface area contributed by atoms with Gasteiger partial charge in [-0.2, -0.15) is 0 Å². The van der Waals surface area contributed by atoms with E-state index in [1.54, 1.807) is 0 Å². The van der Waals surface area contributed by atoms with Crippen molar-refractivity contribution in [1.82, 2.24) is 0 Å². The van der Waals surface area contributed by atoms with Gasteiger partial charge in [0.15, 0.2) is 5.79 Å². The number of hydrogen-bond acceptors (Lipinski definition) is 2. The van der Waals surface area contributed by atoms with Gasteiger partial charge >= 0.3 is 0 Å². The molecule has 1 saturated heterocycles. The minimum absolute atomic E-state index is 0.127. The van der Waals surface area contributed by atoms with Gasteiger partial charge in [0.25, 0.3) is 0 Å². The van der Waals surface area contributed by atoms with Gasteiger partial charge in [0.05, 0.1) is 13.2 Å². The standard InChI is InChI=1S/C11H18O2/c1-8-7-9-3-2-4-10(8)11(9)12-5-6-13-11/h8-10H,2-7H2,1H3. The molecule has 3 atom stereocenters. The lowest BCUT2D eigenvalue weighted by Crippen LogP contribution is -2.44. The average Bonchev–Trinajstić information content (AvgIpc) is 2.62. The molecule has 0 N–H and O–H groups in total. The first-order chi connectivity index (χ1) is 6.33. The summed E-state index contributed by atoms with van der Waals surface area (Å²) in [6.45, 7) is 4.00. The van der Waals surface area contributed by atoms with Gasteiger partial charge in [0.2, 0.25) is 0 Å². The highest BCUT2D eigenvalue weighted by atomic mass is 16.7. The zero-order valence-electron chi connectivity index (χ0n) is 8.29. The second-order valence-electron chi connectivity index (χ2n) is 4.87. The van der Waals surface area contributed by atoms with E-state index in [2.05, 4.69) is 6.92 Å². The van der Waals surface area contributed by atoms with Crippen LogP contribution >= 0.6 is 0 Å². The predicted octanol–water partition coefficient (Wildman–Crippen LogP) is 2.19. The Morgan fingerprint density at radius 2 is 1.92 bits per heavy atom. The topological polar surface area (TPSA) is 18.5 Å². The third kappa shape index (κ3) is 0.962. The van der Waals surface area contributed by atoms with Crippen molar-refractivity contribution in [1.29, 1.82) is 0 Å². The molecule has 74 valence electrons. The quantitative estimate of drug-likeness (QED) is 0.571. The number of ether oxygens (including phenoxy) is 2. The molecular formula is C11H18O2. The fourth-order valence-electron chi connectivity index (χ4n) is 3.76. The molecule has 1 aliphatic heterocycles. The molecule has 3 aliphatic rings. The van der Waals surface area contributed by atoms with Gasteiger partial charge in [-0.05, 0) is 25.2 Å². The Morgan fingerprint density at radius 1 is 1.15 bits per heavy atom. The van der Waals surface area contributed by atoms with E-state index in [4.69, 9.17) is 9.47 Å². The summed E-state index contributed by atoms with van der Waals surface area (Å²) in [5.41, 5.74) is 0. The largest absolute Gasteiger partial charge is 0.347 e. The van der Waals surface area contributed by atoms with Crippen molar-refractivity contribution in [3.63, 3.8) is 0 Å². The monoisotopic (exact) mass is 182 g/mol. The Bertz CT molecular complexity index is 208. The van der Waals surface area contributed by atoms with E-state index in [9.17, 15) is 0 Å². The van der Waals surface area contributed by atoms with Crippen molar-refractivity contribution in [3.05, 3.63) is 0 Å². The first-order valence-electron chi connectivity index (χ1n) is 5.61. The van der Waals surface area contributed by atoms with E-state index in [1.165, 1.54) is 25.7 Å². The van der Waals surface area contributed by atoms with E-state index in [0.29, 0.717) is 11.8 Å². The van der Waals surface area contributed by atoms with Gasteiger partial charge < -0.3 is 9.47 Å². The summed E-state index contributed by atoms with van der Waals surface area (Å²) in [4.78, 5) is 0. The maximum absolute atomic E-state index is 5.92. The van der Waals surface area contributed by atoms with Crippen molar-refractivity contribution in [2.24, 2.45) is 17.8 Å². The van der Waals surface area contributed by atoms with Crippen LogP contribution in [0.15, 0.2) is 0 Å². The normalized spacial score (nSPS) is 47.3. The van der Waals surface area contributed by atoms with Crippen LogP contribution in [0.25, 0.3) is 0 Å². The maximum atomic E-state index is 5.92. The zero-order valence-corrected chi connectivity index (χ0v) is 8.29. The summed E-state index contributed by atoms with van der Waals surface area (Å²) in [5.74, 6) is 2.07. The molecule has 3 rings (SSSR count). The Balaban J connectivity index is 1.94. The molecule has 0 aromatic carbocycles. The van der Waals surface area contributed by atoms with Crippen LogP contribution in [0.2, 0.25) is 0 Å². The van der Waals surface area contributed by atoms with E-state index < -0.39 is 0 Å². The summed E-state index contributed by atoms with van der Waals surface area (Å²) in [7, 11) is 0. The SMILES string of the molecule is CC1CC2CCCC1C21OCCO1. The molecule has 2 heteroatoms. The molecule has 1 spiro atoms. The summed E-state index contributed by atoms with van der Waals surface area (Å²) in [5, 5.41) is 0. The van der Waals surface area contributed by atoms with E-state index >= 15 is 0 Å². The molecule has 3 unspecified atom stereocenters. The van der Waals surface area contributed by atoms with Crippen LogP contribution < -0.4 is 0 Å². The van der Waals surface area contributed by atoms with Crippen LogP contribution in [-0.4, -0.2) is 19.0 Å². The Morgan fingerprint density at radius 3 is 2.62 bits per heavy atom. The molecule has 2 aliphatic carbocycles. The molecule has 0 aromatic heterocycles. The smallest absolute Gasteiger partial charge is 0.174 e. The lowest BCUT2D eigenvalue weighted by atomic mass is 9.81. The lowest BCUT2D eigenvalue weighted by molar-refractivity contribution is -0.225. The molecule has 2 saturated carbocycles. The minimum atomic E-state index is -0.127. The predicted molar refractivity (Wildman–Crippen MR) is 49.2 cm³/mol. The fourth-order valence-corrected chi connectivity index (χ4v) is 3.76. The van der Waals surface area contributed by atoms with Gasteiger partial charge in [0.1, 0.15) is 0 Å². The molecule has 1 heterocycles. The van der Waals surface area contributed by atoms with Gasteiger partial charge in [-0.25, -0.2) is 0 Å². The third-order valence-electron chi connectivity index (χ3n) is 4.24. The second kappa shape index (κ2) is 2.71. The van der Waals surface area contributed by atoms with Crippen molar-refractivity contribution < 1.29 is 9.47 Å². The van der Waals surface area contributed by atoms with Crippen LogP contribution in [-0.2, 0) is 9.47 Å². The highest BCUT2D eigenvalue weighted by molar-refractivity contribution is 5.01. The van der Waals surface area contributed by atoms with Crippen LogP contribution in [0.4, 0.5) is 0 Å². The van der Waals surface area contributed by atoms with Crippen molar-refractivity contribution >= 4 is 0 Å². The molecule has 2 bridgehead atoms. The summed E-state index contributed by atoms with van der Waals surface area (Å²) >= 11 is 0. The average molecular weight is 182 g/mol. The Hall–Kier alpha value is -0.0800. The zero-order chi connectivity index (χ0) is 8.89. The van der Waals surface area contributed by atoms with E-state index in [1.807, 2.05) is 0 Å². The van der Waals surface area contributed by atoms with Gasteiger partial charge in [0, 0.05) is 11.8 Å². The summed E-state index contributed by atoms with van der Waals surface area (Å²) in [6, 6.07) is 0. The maximum Gasteiger partial charge on any atom is 0.174 e.